The van der Waals surface area contributed by atoms with Gasteiger partial charge in [0, 0.05) is 19.0 Å². The molecule has 2 rings (SSSR count). The highest BCUT2D eigenvalue weighted by Gasteiger charge is 2.21. The number of benzene rings is 2. The topological polar surface area (TPSA) is 56.8 Å². The van der Waals surface area contributed by atoms with E-state index in [1.165, 1.54) is 5.56 Å². The third-order valence-electron chi connectivity index (χ3n) is 6.52. The van der Waals surface area contributed by atoms with Gasteiger partial charge in [0.05, 0.1) is 7.11 Å². The van der Waals surface area contributed by atoms with Crippen molar-refractivity contribution in [2.24, 2.45) is 0 Å². The molecule has 0 aromatic heterocycles. The number of aryl methyl sites for hydroxylation is 2. The number of carbonyl (C=O) groups is 1. The van der Waals surface area contributed by atoms with Crippen LogP contribution in [-0.4, -0.2) is 30.8 Å². The lowest BCUT2D eigenvalue weighted by Crippen LogP contribution is -2.28. The van der Waals surface area contributed by atoms with Gasteiger partial charge in [0.15, 0.2) is 0 Å². The largest absolute Gasteiger partial charge is 0.497 e. The molecule has 0 radical (unpaired) electrons. The number of rotatable bonds is 15. The number of nitrogens with one attached hydrogen (secondary N) is 1. The van der Waals surface area contributed by atoms with Gasteiger partial charge >= 0.3 is 0 Å². The molecule has 5 nitrogen and oxygen atoms in total. The molecule has 194 valence electrons. The summed E-state index contributed by atoms with van der Waals surface area (Å²) in [6, 6.07) is 14.1. The van der Waals surface area contributed by atoms with Crippen LogP contribution in [0.3, 0.4) is 0 Å². The van der Waals surface area contributed by atoms with Crippen LogP contribution in [0.1, 0.15) is 84.8 Å². The number of hydrogen-bond donors (Lipinski definition) is 1. The highest BCUT2D eigenvalue weighted by molar-refractivity contribution is 5.76. The van der Waals surface area contributed by atoms with Crippen LogP contribution < -0.4 is 19.5 Å². The minimum Gasteiger partial charge on any atom is -0.497 e. The van der Waals surface area contributed by atoms with Crippen molar-refractivity contribution < 1.29 is 19.0 Å². The van der Waals surface area contributed by atoms with Crippen LogP contribution in [0.4, 0.5) is 0 Å². The number of unbranched alkanes of at least 4 members (excludes halogenated alkanes) is 1. The van der Waals surface area contributed by atoms with Gasteiger partial charge in [-0.05, 0) is 95.5 Å². The quantitative estimate of drug-likeness (QED) is 0.280. The van der Waals surface area contributed by atoms with E-state index in [4.69, 9.17) is 14.2 Å². The lowest BCUT2D eigenvalue weighted by atomic mass is 10.0. The van der Waals surface area contributed by atoms with Crippen LogP contribution in [0.25, 0.3) is 0 Å². The summed E-state index contributed by atoms with van der Waals surface area (Å²) in [7, 11) is 1.65. The molecule has 0 unspecified atom stereocenters. The summed E-state index contributed by atoms with van der Waals surface area (Å²) in [6.07, 6.45) is 5.86. The number of hydrogen-bond acceptors (Lipinski definition) is 4. The number of amides is 1. The average molecular weight is 484 g/mol. The van der Waals surface area contributed by atoms with Crippen molar-refractivity contribution >= 4 is 5.91 Å². The molecule has 2 aromatic carbocycles. The molecule has 5 heteroatoms. The average Bonchev–Trinajstić information content (AvgIpc) is 2.83. The van der Waals surface area contributed by atoms with Crippen molar-refractivity contribution in [2.45, 2.75) is 97.7 Å². The number of ether oxygens (including phenoxy) is 3. The van der Waals surface area contributed by atoms with Crippen molar-refractivity contribution in [3.63, 3.8) is 0 Å². The summed E-state index contributed by atoms with van der Waals surface area (Å²) in [5, 5.41) is 3.05. The zero-order chi connectivity index (χ0) is 25.9. The summed E-state index contributed by atoms with van der Waals surface area (Å²) in [4.78, 5) is 12.2. The second-order valence-corrected chi connectivity index (χ2v) is 10.4. The molecular formula is C30H45NO4. The molecule has 0 bridgehead atoms. The maximum Gasteiger partial charge on any atom is 0.220 e. The van der Waals surface area contributed by atoms with Crippen LogP contribution in [0.2, 0.25) is 0 Å². The number of carbonyl (C=O) groups excluding carboxylic acids is 1. The molecule has 0 aliphatic heterocycles. The third kappa shape index (κ3) is 10.2. The van der Waals surface area contributed by atoms with E-state index >= 15 is 0 Å². The molecule has 1 amide bonds. The lowest BCUT2D eigenvalue weighted by molar-refractivity contribution is -0.121. The molecule has 0 saturated heterocycles. The van der Waals surface area contributed by atoms with Crippen molar-refractivity contribution in [3.8, 4) is 17.2 Å². The monoisotopic (exact) mass is 483 g/mol. The molecule has 0 aliphatic rings. The van der Waals surface area contributed by atoms with E-state index in [0.717, 1.165) is 61.3 Å². The lowest BCUT2D eigenvalue weighted by Gasteiger charge is -2.29. The third-order valence-corrected chi connectivity index (χ3v) is 6.52. The highest BCUT2D eigenvalue weighted by Crippen LogP contribution is 2.32. The molecule has 2 aromatic rings. The normalized spacial score (nSPS) is 11.7. The van der Waals surface area contributed by atoms with Crippen molar-refractivity contribution in [3.05, 3.63) is 53.6 Å². The van der Waals surface area contributed by atoms with Gasteiger partial charge in [-0.15, -0.1) is 0 Å². The van der Waals surface area contributed by atoms with E-state index < -0.39 is 0 Å². The van der Waals surface area contributed by atoms with Gasteiger partial charge < -0.3 is 19.5 Å². The molecule has 0 atom stereocenters. The highest BCUT2D eigenvalue weighted by atomic mass is 16.5. The molecule has 0 saturated carbocycles. The molecule has 35 heavy (non-hydrogen) atoms. The van der Waals surface area contributed by atoms with Gasteiger partial charge in [0.2, 0.25) is 5.91 Å². The first kappa shape index (κ1) is 28.5. The van der Waals surface area contributed by atoms with E-state index in [1.54, 1.807) is 7.11 Å². The van der Waals surface area contributed by atoms with Crippen molar-refractivity contribution in [1.29, 1.82) is 0 Å². The van der Waals surface area contributed by atoms with Crippen LogP contribution in [0, 0.1) is 0 Å². The van der Waals surface area contributed by atoms with Gasteiger partial charge in [-0.1, -0.05) is 32.0 Å². The van der Waals surface area contributed by atoms with E-state index in [0.29, 0.717) is 13.0 Å². The molecule has 0 spiro atoms. The molecule has 0 fully saturated rings. The van der Waals surface area contributed by atoms with Gasteiger partial charge in [-0.3, -0.25) is 4.79 Å². The molecule has 0 heterocycles. The van der Waals surface area contributed by atoms with Crippen LogP contribution in [-0.2, 0) is 17.6 Å². The smallest absolute Gasteiger partial charge is 0.220 e. The van der Waals surface area contributed by atoms with Crippen molar-refractivity contribution in [1.82, 2.24) is 5.32 Å². The van der Waals surface area contributed by atoms with Gasteiger partial charge in [-0.25, -0.2) is 0 Å². The van der Waals surface area contributed by atoms with Crippen LogP contribution in [0.15, 0.2) is 42.5 Å². The second-order valence-electron chi connectivity index (χ2n) is 10.4. The summed E-state index contributed by atoms with van der Waals surface area (Å²) in [6.45, 7) is 13.4. The van der Waals surface area contributed by atoms with Gasteiger partial charge in [-0.2, -0.15) is 0 Å². The summed E-state index contributed by atoms with van der Waals surface area (Å²) >= 11 is 0. The molecular weight excluding hydrogens is 438 g/mol. The Balaban J connectivity index is 1.84. The summed E-state index contributed by atoms with van der Waals surface area (Å²) in [5.41, 5.74) is 1.85. The summed E-state index contributed by atoms with van der Waals surface area (Å²) < 4.78 is 17.8. The Morgan fingerprint density at radius 1 is 0.829 bits per heavy atom. The Labute approximate surface area is 212 Å². The van der Waals surface area contributed by atoms with Crippen LogP contribution >= 0.6 is 0 Å². The number of methoxy groups -OCH3 is 1. The van der Waals surface area contributed by atoms with Gasteiger partial charge in [0.1, 0.15) is 28.5 Å². The predicted octanol–water partition coefficient (Wildman–Crippen LogP) is 6.90. The zero-order valence-electron chi connectivity index (χ0n) is 22.8. The maximum atomic E-state index is 12.2. The Hall–Kier alpha value is -2.69. The fourth-order valence-corrected chi connectivity index (χ4v) is 3.47. The first-order valence-corrected chi connectivity index (χ1v) is 13.0. The standard InChI is InChI=1S/C30H45NO4/c1-8-29(3,4)34-26-19-16-24(27(22-26)35-30(5,6)9-2)12-10-11-21-31-28(32)20-15-23-13-17-25(33-7)18-14-23/h13-14,16-19,22H,8-12,15,20-21H2,1-7H3,(H,31,32). The fourth-order valence-electron chi connectivity index (χ4n) is 3.47. The minimum absolute atomic E-state index is 0.0922. The fraction of sp³-hybridized carbons (Fsp3) is 0.567. The Morgan fingerprint density at radius 3 is 2.09 bits per heavy atom. The summed E-state index contributed by atoms with van der Waals surface area (Å²) in [5.74, 6) is 2.66. The first-order chi connectivity index (χ1) is 16.6. The van der Waals surface area contributed by atoms with E-state index in [9.17, 15) is 4.79 Å². The van der Waals surface area contributed by atoms with E-state index in [2.05, 4.69) is 52.9 Å². The Bertz CT molecular complexity index is 918. The molecule has 1 N–H and O–H groups in total. The first-order valence-electron chi connectivity index (χ1n) is 13.0. The molecule has 0 aliphatic carbocycles. The Morgan fingerprint density at radius 2 is 1.46 bits per heavy atom. The van der Waals surface area contributed by atoms with Crippen molar-refractivity contribution in [2.75, 3.05) is 13.7 Å². The SMILES string of the molecule is CCC(C)(C)Oc1ccc(CCCCNC(=O)CCc2ccc(OC)cc2)c(OC(C)(C)CC)c1. The minimum atomic E-state index is -0.245. The second kappa shape index (κ2) is 13.4. The van der Waals surface area contributed by atoms with Gasteiger partial charge in [0.25, 0.3) is 0 Å². The Kier molecular flexibility index (Phi) is 10.9. The zero-order valence-corrected chi connectivity index (χ0v) is 22.8. The predicted molar refractivity (Wildman–Crippen MR) is 144 cm³/mol. The van der Waals surface area contributed by atoms with Crippen LogP contribution in [0.5, 0.6) is 17.2 Å². The van der Waals surface area contributed by atoms with E-state index in [1.807, 2.05) is 36.4 Å². The van der Waals surface area contributed by atoms with E-state index in [-0.39, 0.29) is 17.1 Å². The maximum absolute atomic E-state index is 12.2.